The van der Waals surface area contributed by atoms with Crippen molar-refractivity contribution in [2.45, 2.75) is 25.9 Å². The quantitative estimate of drug-likeness (QED) is 0.789. The number of benzene rings is 2. The summed E-state index contributed by atoms with van der Waals surface area (Å²) in [4.78, 5) is 0. The van der Waals surface area contributed by atoms with Crippen molar-refractivity contribution < 1.29 is 9.13 Å². The molecule has 0 aromatic heterocycles. The van der Waals surface area contributed by atoms with Crippen LogP contribution in [-0.2, 0) is 6.42 Å². The molecule has 0 atom stereocenters. The molecule has 2 aromatic rings. The van der Waals surface area contributed by atoms with Gasteiger partial charge in [0.05, 0.1) is 5.69 Å². The minimum atomic E-state index is -0.380. The Hall–Kier alpha value is -2.03. The van der Waals surface area contributed by atoms with Gasteiger partial charge in [-0.25, -0.2) is 4.39 Å². The predicted octanol–water partition coefficient (Wildman–Crippen LogP) is 3.79. The van der Waals surface area contributed by atoms with Gasteiger partial charge in [0.1, 0.15) is 17.2 Å². The summed E-state index contributed by atoms with van der Waals surface area (Å²) in [6, 6.07) is 10.8. The SMILES string of the molecule is CC1(C)Cc2cc(-c3cccc(F)c3N)ccc2O1. The number of nitrogens with two attached hydrogens (primary N) is 1. The summed E-state index contributed by atoms with van der Waals surface area (Å²) in [6.07, 6.45) is 0.853. The van der Waals surface area contributed by atoms with Gasteiger partial charge in [0.2, 0.25) is 0 Å². The van der Waals surface area contributed by atoms with Crippen LogP contribution >= 0.6 is 0 Å². The second-order valence-corrected chi connectivity index (χ2v) is 5.56. The molecule has 2 N–H and O–H groups in total. The largest absolute Gasteiger partial charge is 0.487 e. The Balaban J connectivity index is 2.07. The number of ether oxygens (including phenoxy) is 1. The molecule has 0 spiro atoms. The lowest BCUT2D eigenvalue weighted by atomic mass is 9.97. The van der Waals surface area contributed by atoms with Crippen LogP contribution in [0.5, 0.6) is 5.75 Å². The maximum Gasteiger partial charge on any atom is 0.146 e. The third kappa shape index (κ3) is 2.05. The van der Waals surface area contributed by atoms with Gasteiger partial charge in [-0.1, -0.05) is 18.2 Å². The molecule has 1 aliphatic rings. The summed E-state index contributed by atoms with van der Waals surface area (Å²) in [5, 5.41) is 0. The lowest BCUT2D eigenvalue weighted by Gasteiger charge is -2.16. The van der Waals surface area contributed by atoms with Crippen LogP contribution in [0.25, 0.3) is 11.1 Å². The van der Waals surface area contributed by atoms with E-state index in [1.54, 1.807) is 6.07 Å². The van der Waals surface area contributed by atoms with E-state index in [1.807, 2.05) is 24.3 Å². The fraction of sp³-hybridized carbons (Fsp3) is 0.250. The van der Waals surface area contributed by atoms with E-state index in [2.05, 4.69) is 13.8 Å². The van der Waals surface area contributed by atoms with Crippen LogP contribution in [0.15, 0.2) is 36.4 Å². The summed E-state index contributed by atoms with van der Waals surface area (Å²) in [6.45, 7) is 4.12. The number of halogens is 1. The summed E-state index contributed by atoms with van der Waals surface area (Å²) in [5.41, 5.74) is 8.63. The van der Waals surface area contributed by atoms with Gasteiger partial charge < -0.3 is 10.5 Å². The molecule has 0 amide bonds. The Bertz CT molecular complexity index is 649. The van der Waals surface area contributed by atoms with E-state index in [0.29, 0.717) is 0 Å². The highest BCUT2D eigenvalue weighted by atomic mass is 19.1. The van der Waals surface area contributed by atoms with E-state index in [-0.39, 0.29) is 17.1 Å². The number of anilines is 1. The standard InChI is InChI=1S/C16H16FNO/c1-16(2)9-11-8-10(6-7-14(11)19-16)12-4-3-5-13(17)15(12)18/h3-8H,9,18H2,1-2H3. The van der Waals surface area contributed by atoms with Gasteiger partial charge in [0.15, 0.2) is 0 Å². The summed E-state index contributed by atoms with van der Waals surface area (Å²) in [5.74, 6) is 0.526. The van der Waals surface area contributed by atoms with Gasteiger partial charge in [-0.2, -0.15) is 0 Å². The van der Waals surface area contributed by atoms with Crippen molar-refractivity contribution in [3.05, 3.63) is 47.8 Å². The van der Waals surface area contributed by atoms with Gasteiger partial charge >= 0.3 is 0 Å². The van der Waals surface area contributed by atoms with Crippen LogP contribution in [0.1, 0.15) is 19.4 Å². The molecule has 3 heteroatoms. The zero-order valence-corrected chi connectivity index (χ0v) is 11.0. The summed E-state index contributed by atoms with van der Waals surface area (Å²) >= 11 is 0. The van der Waals surface area contributed by atoms with Crippen molar-refractivity contribution in [2.24, 2.45) is 0 Å². The summed E-state index contributed by atoms with van der Waals surface area (Å²) in [7, 11) is 0. The molecular weight excluding hydrogens is 241 g/mol. The van der Waals surface area contributed by atoms with Crippen molar-refractivity contribution in [3.63, 3.8) is 0 Å². The number of nitrogen functional groups attached to an aromatic ring is 1. The van der Waals surface area contributed by atoms with Crippen molar-refractivity contribution in [2.75, 3.05) is 5.73 Å². The average molecular weight is 257 g/mol. The van der Waals surface area contributed by atoms with Crippen LogP contribution in [0.4, 0.5) is 10.1 Å². The zero-order valence-electron chi connectivity index (χ0n) is 11.0. The molecule has 0 fully saturated rings. The normalized spacial score (nSPS) is 15.9. The van der Waals surface area contributed by atoms with E-state index >= 15 is 0 Å². The summed E-state index contributed by atoms with van der Waals surface area (Å²) < 4.78 is 19.3. The predicted molar refractivity (Wildman–Crippen MR) is 74.7 cm³/mol. The topological polar surface area (TPSA) is 35.2 Å². The Morgan fingerprint density at radius 3 is 2.79 bits per heavy atom. The lowest BCUT2D eigenvalue weighted by molar-refractivity contribution is 0.138. The third-order valence-electron chi connectivity index (χ3n) is 3.43. The Kier molecular flexibility index (Phi) is 2.52. The van der Waals surface area contributed by atoms with Gasteiger partial charge in [-0.15, -0.1) is 0 Å². The van der Waals surface area contributed by atoms with Crippen molar-refractivity contribution in [3.8, 4) is 16.9 Å². The second kappa shape index (κ2) is 3.98. The molecule has 0 saturated carbocycles. The molecule has 3 rings (SSSR count). The molecule has 2 aromatic carbocycles. The highest BCUT2D eigenvalue weighted by Gasteiger charge is 2.30. The molecule has 1 heterocycles. The Morgan fingerprint density at radius 1 is 1.21 bits per heavy atom. The zero-order chi connectivity index (χ0) is 13.6. The number of para-hydroxylation sites is 1. The number of hydrogen-bond acceptors (Lipinski definition) is 2. The van der Waals surface area contributed by atoms with Crippen LogP contribution in [0.2, 0.25) is 0 Å². The fourth-order valence-corrected chi connectivity index (χ4v) is 2.57. The van der Waals surface area contributed by atoms with Gasteiger partial charge in [0.25, 0.3) is 0 Å². The molecule has 0 unspecified atom stereocenters. The Morgan fingerprint density at radius 2 is 2.00 bits per heavy atom. The molecule has 0 radical (unpaired) electrons. The first-order valence-electron chi connectivity index (χ1n) is 6.33. The lowest BCUT2D eigenvalue weighted by Crippen LogP contribution is -2.24. The van der Waals surface area contributed by atoms with E-state index in [9.17, 15) is 4.39 Å². The third-order valence-corrected chi connectivity index (χ3v) is 3.43. The maximum absolute atomic E-state index is 13.5. The number of hydrogen-bond donors (Lipinski definition) is 1. The molecule has 1 aliphatic heterocycles. The number of rotatable bonds is 1. The second-order valence-electron chi connectivity index (χ2n) is 5.56. The van der Waals surface area contributed by atoms with E-state index in [0.717, 1.165) is 28.9 Å². The van der Waals surface area contributed by atoms with Crippen molar-refractivity contribution in [1.82, 2.24) is 0 Å². The average Bonchev–Trinajstić information content (AvgIpc) is 2.65. The van der Waals surface area contributed by atoms with Crippen LogP contribution in [-0.4, -0.2) is 5.60 Å². The minimum Gasteiger partial charge on any atom is -0.487 e. The molecule has 0 aliphatic carbocycles. The van der Waals surface area contributed by atoms with E-state index in [1.165, 1.54) is 6.07 Å². The minimum absolute atomic E-state index is 0.172. The van der Waals surface area contributed by atoms with Crippen LogP contribution in [0.3, 0.4) is 0 Å². The van der Waals surface area contributed by atoms with Gasteiger partial charge in [-0.05, 0) is 43.2 Å². The first-order chi connectivity index (χ1) is 8.96. The Labute approximate surface area is 112 Å². The fourth-order valence-electron chi connectivity index (χ4n) is 2.57. The van der Waals surface area contributed by atoms with Gasteiger partial charge in [0, 0.05) is 12.0 Å². The molecular formula is C16H16FNO. The molecule has 98 valence electrons. The van der Waals surface area contributed by atoms with Crippen molar-refractivity contribution >= 4 is 5.69 Å². The molecule has 2 nitrogen and oxygen atoms in total. The van der Waals surface area contributed by atoms with Crippen LogP contribution in [0, 0.1) is 5.82 Å². The monoisotopic (exact) mass is 257 g/mol. The highest BCUT2D eigenvalue weighted by Crippen LogP contribution is 2.38. The van der Waals surface area contributed by atoms with Crippen LogP contribution < -0.4 is 10.5 Å². The first-order valence-corrected chi connectivity index (χ1v) is 6.33. The number of fused-ring (bicyclic) bond motifs is 1. The smallest absolute Gasteiger partial charge is 0.146 e. The van der Waals surface area contributed by atoms with E-state index < -0.39 is 0 Å². The van der Waals surface area contributed by atoms with Crippen molar-refractivity contribution in [1.29, 1.82) is 0 Å². The first kappa shape index (κ1) is 12.0. The molecule has 19 heavy (non-hydrogen) atoms. The molecule has 0 saturated heterocycles. The molecule has 0 bridgehead atoms. The van der Waals surface area contributed by atoms with Gasteiger partial charge in [-0.3, -0.25) is 0 Å². The maximum atomic E-state index is 13.5. The van der Waals surface area contributed by atoms with E-state index in [4.69, 9.17) is 10.5 Å². The highest BCUT2D eigenvalue weighted by molar-refractivity contribution is 5.77.